The highest BCUT2D eigenvalue weighted by Gasteiger charge is 2.51. The molecule has 0 unspecified atom stereocenters. The summed E-state index contributed by atoms with van der Waals surface area (Å²) in [5.41, 5.74) is -0.0597. The molecule has 1 N–H and O–H groups in total. The quantitative estimate of drug-likeness (QED) is 0.847. The maximum atomic E-state index is 12.5. The molecule has 0 spiro atoms. The fourth-order valence-corrected chi connectivity index (χ4v) is 6.98. The molecule has 0 radical (unpaired) electrons. The third-order valence-electron chi connectivity index (χ3n) is 6.21. The molecule has 0 heterocycles. The highest BCUT2D eigenvalue weighted by molar-refractivity contribution is 7.91. The van der Waals surface area contributed by atoms with E-state index >= 15 is 0 Å². The molecule has 4 aliphatic carbocycles. The molecule has 25 heavy (non-hydrogen) atoms. The van der Waals surface area contributed by atoms with E-state index in [9.17, 15) is 13.2 Å². The van der Waals surface area contributed by atoms with E-state index in [0.29, 0.717) is 5.02 Å². The summed E-state index contributed by atoms with van der Waals surface area (Å²) in [5, 5.41) is 3.73. The number of carbonyl (C=O) groups is 1. The largest absolute Gasteiger partial charge is 0.351 e. The van der Waals surface area contributed by atoms with Crippen molar-refractivity contribution in [1.29, 1.82) is 0 Å². The standard InChI is InChI=1S/C19H24ClNO3S/c20-16-1-3-17(4-2-16)25(23,24)6-5-18(22)21-19-10-13-7-14(11-19)9-15(8-13)12-19/h1-4,13-15H,5-12H2,(H,21,22). The average Bonchev–Trinajstić information content (AvgIpc) is 2.52. The molecule has 4 fully saturated rings. The van der Waals surface area contributed by atoms with E-state index in [2.05, 4.69) is 5.32 Å². The van der Waals surface area contributed by atoms with Gasteiger partial charge in [-0.3, -0.25) is 4.79 Å². The minimum absolute atomic E-state index is 0.0205. The van der Waals surface area contributed by atoms with Crippen molar-refractivity contribution >= 4 is 27.3 Å². The van der Waals surface area contributed by atoms with Gasteiger partial charge in [0.05, 0.1) is 10.6 Å². The Bertz CT molecular complexity index is 737. The van der Waals surface area contributed by atoms with Crippen molar-refractivity contribution in [2.45, 2.75) is 55.4 Å². The highest BCUT2D eigenvalue weighted by atomic mass is 35.5. The van der Waals surface area contributed by atoms with Gasteiger partial charge in [0.15, 0.2) is 9.84 Å². The van der Waals surface area contributed by atoms with Gasteiger partial charge in [-0.2, -0.15) is 0 Å². The van der Waals surface area contributed by atoms with E-state index in [0.717, 1.165) is 37.0 Å². The van der Waals surface area contributed by atoms with E-state index in [1.165, 1.54) is 31.4 Å². The van der Waals surface area contributed by atoms with Gasteiger partial charge in [-0.05, 0) is 80.5 Å². The van der Waals surface area contributed by atoms with Crippen LogP contribution in [0.15, 0.2) is 29.2 Å². The normalized spacial score (nSPS) is 33.4. The Kier molecular flexibility index (Phi) is 4.35. The van der Waals surface area contributed by atoms with E-state index in [-0.39, 0.29) is 28.5 Å². The topological polar surface area (TPSA) is 63.2 Å². The summed E-state index contributed by atoms with van der Waals surface area (Å²) in [6, 6.07) is 6.11. The Hall–Kier alpha value is -1.07. The molecular weight excluding hydrogens is 358 g/mol. The van der Waals surface area contributed by atoms with Crippen molar-refractivity contribution < 1.29 is 13.2 Å². The first-order valence-corrected chi connectivity index (χ1v) is 11.2. The molecule has 0 saturated heterocycles. The molecule has 0 aromatic heterocycles. The van der Waals surface area contributed by atoms with Crippen molar-refractivity contribution in [2.24, 2.45) is 17.8 Å². The maximum absolute atomic E-state index is 12.5. The number of hydrogen-bond acceptors (Lipinski definition) is 3. The van der Waals surface area contributed by atoms with Crippen LogP contribution >= 0.6 is 11.6 Å². The number of halogens is 1. The van der Waals surface area contributed by atoms with Crippen LogP contribution in [-0.4, -0.2) is 25.6 Å². The second kappa shape index (κ2) is 6.27. The number of sulfone groups is 1. The average molecular weight is 382 g/mol. The summed E-state index contributed by atoms with van der Waals surface area (Å²) < 4.78 is 24.8. The summed E-state index contributed by atoms with van der Waals surface area (Å²) in [6.45, 7) is 0. The lowest BCUT2D eigenvalue weighted by Crippen LogP contribution is -2.59. The van der Waals surface area contributed by atoms with Crippen molar-refractivity contribution in [3.05, 3.63) is 29.3 Å². The molecule has 4 nitrogen and oxygen atoms in total. The fourth-order valence-electron chi connectivity index (χ4n) is 5.61. The molecule has 4 saturated carbocycles. The minimum atomic E-state index is -3.46. The predicted octanol–water partition coefficient (Wildman–Crippen LogP) is 3.59. The Morgan fingerprint density at radius 1 is 1.04 bits per heavy atom. The van der Waals surface area contributed by atoms with Gasteiger partial charge in [0.2, 0.25) is 5.91 Å². The number of amides is 1. The molecule has 6 heteroatoms. The van der Waals surface area contributed by atoms with Gasteiger partial charge in [-0.25, -0.2) is 8.42 Å². The van der Waals surface area contributed by atoms with Crippen molar-refractivity contribution in [1.82, 2.24) is 5.32 Å². The number of benzene rings is 1. The third-order valence-corrected chi connectivity index (χ3v) is 8.20. The van der Waals surface area contributed by atoms with Crippen molar-refractivity contribution in [3.63, 3.8) is 0 Å². The second-order valence-electron chi connectivity index (χ2n) is 8.27. The third kappa shape index (κ3) is 3.59. The van der Waals surface area contributed by atoms with Crippen molar-refractivity contribution in [2.75, 3.05) is 5.75 Å². The maximum Gasteiger partial charge on any atom is 0.221 e. The van der Waals surface area contributed by atoms with Crippen LogP contribution in [0.25, 0.3) is 0 Å². The van der Waals surface area contributed by atoms with Crippen LogP contribution < -0.4 is 5.32 Å². The van der Waals surface area contributed by atoms with Crippen LogP contribution in [0.1, 0.15) is 44.9 Å². The van der Waals surface area contributed by atoms with Crippen LogP contribution in [-0.2, 0) is 14.6 Å². The molecule has 1 amide bonds. The molecule has 0 atom stereocenters. The molecule has 4 aliphatic rings. The second-order valence-corrected chi connectivity index (χ2v) is 10.8. The van der Waals surface area contributed by atoms with Gasteiger partial charge in [0.25, 0.3) is 0 Å². The number of hydrogen-bond donors (Lipinski definition) is 1. The summed E-state index contributed by atoms with van der Waals surface area (Å²) in [7, 11) is -3.46. The Morgan fingerprint density at radius 2 is 1.56 bits per heavy atom. The minimum Gasteiger partial charge on any atom is -0.351 e. The number of carbonyl (C=O) groups excluding carboxylic acids is 1. The zero-order valence-corrected chi connectivity index (χ0v) is 15.8. The predicted molar refractivity (Wildman–Crippen MR) is 97.2 cm³/mol. The summed E-state index contributed by atoms with van der Waals surface area (Å²) in [4.78, 5) is 12.7. The lowest BCUT2D eigenvalue weighted by Gasteiger charge is -2.56. The van der Waals surface area contributed by atoms with Crippen LogP contribution in [0.3, 0.4) is 0 Å². The van der Waals surface area contributed by atoms with Gasteiger partial charge in [-0.15, -0.1) is 0 Å². The Labute approximate surface area is 154 Å². The van der Waals surface area contributed by atoms with E-state index in [1.807, 2.05) is 0 Å². The molecule has 0 aliphatic heterocycles. The Balaban J connectivity index is 1.37. The summed E-state index contributed by atoms with van der Waals surface area (Å²) in [5.74, 6) is 1.98. The highest BCUT2D eigenvalue weighted by Crippen LogP contribution is 2.55. The van der Waals surface area contributed by atoms with Crippen LogP contribution in [0, 0.1) is 17.8 Å². The summed E-state index contributed by atoms with van der Waals surface area (Å²) >= 11 is 5.80. The first-order chi connectivity index (χ1) is 11.8. The molecule has 136 valence electrons. The number of nitrogens with one attached hydrogen (secondary N) is 1. The summed E-state index contributed by atoms with van der Waals surface area (Å²) in [6.07, 6.45) is 7.21. The van der Waals surface area contributed by atoms with E-state index in [1.54, 1.807) is 12.1 Å². The van der Waals surface area contributed by atoms with Crippen LogP contribution in [0.4, 0.5) is 0 Å². The molecule has 4 bridgehead atoms. The molecular formula is C19H24ClNO3S. The molecule has 1 aromatic rings. The van der Waals surface area contributed by atoms with E-state index in [4.69, 9.17) is 11.6 Å². The van der Waals surface area contributed by atoms with Gasteiger partial charge >= 0.3 is 0 Å². The lowest BCUT2D eigenvalue weighted by molar-refractivity contribution is -0.126. The van der Waals surface area contributed by atoms with Crippen LogP contribution in [0.5, 0.6) is 0 Å². The SMILES string of the molecule is O=C(CCS(=O)(=O)c1ccc(Cl)cc1)NC12CC3CC(CC(C3)C1)C2. The van der Waals surface area contributed by atoms with Gasteiger partial charge in [0.1, 0.15) is 0 Å². The fraction of sp³-hybridized carbons (Fsp3) is 0.632. The van der Waals surface area contributed by atoms with Crippen molar-refractivity contribution in [3.8, 4) is 0 Å². The lowest BCUT2D eigenvalue weighted by atomic mass is 9.53. The molecule has 5 rings (SSSR count). The first-order valence-electron chi connectivity index (χ1n) is 9.13. The van der Waals surface area contributed by atoms with E-state index < -0.39 is 9.84 Å². The van der Waals surface area contributed by atoms with Gasteiger partial charge in [-0.1, -0.05) is 11.6 Å². The zero-order valence-electron chi connectivity index (χ0n) is 14.2. The Morgan fingerprint density at radius 3 is 2.08 bits per heavy atom. The molecule has 1 aromatic carbocycles. The van der Waals surface area contributed by atoms with Gasteiger partial charge in [0, 0.05) is 17.0 Å². The zero-order chi connectivity index (χ0) is 17.7. The number of rotatable bonds is 5. The monoisotopic (exact) mass is 381 g/mol. The van der Waals surface area contributed by atoms with Crippen LogP contribution in [0.2, 0.25) is 5.02 Å². The smallest absolute Gasteiger partial charge is 0.221 e. The first kappa shape index (κ1) is 17.3. The van der Waals surface area contributed by atoms with Gasteiger partial charge < -0.3 is 5.32 Å².